The average Bonchev–Trinajstić information content (AvgIpc) is 2.69. The van der Waals surface area contributed by atoms with Crippen LogP contribution in [0.2, 0.25) is 10.0 Å². The van der Waals surface area contributed by atoms with Crippen LogP contribution in [0.25, 0.3) is 0 Å². The Morgan fingerprint density at radius 3 is 2.21 bits per heavy atom. The third kappa shape index (κ3) is 5.86. The first-order chi connectivity index (χ1) is 13.5. The van der Waals surface area contributed by atoms with Crippen molar-refractivity contribution in [1.29, 1.82) is 0 Å². The van der Waals surface area contributed by atoms with Gasteiger partial charge in [0.25, 0.3) is 0 Å². The summed E-state index contributed by atoms with van der Waals surface area (Å²) < 4.78 is 0. The van der Waals surface area contributed by atoms with Crippen molar-refractivity contribution in [3.05, 3.63) is 94.0 Å². The highest BCUT2D eigenvalue weighted by atomic mass is 35.5. The maximum absolute atomic E-state index is 12.3. The maximum atomic E-state index is 12.3. The Labute approximate surface area is 178 Å². The van der Waals surface area contributed by atoms with Gasteiger partial charge in [-0.25, -0.2) is 0 Å². The minimum absolute atomic E-state index is 0.0176. The third-order valence-electron chi connectivity index (χ3n) is 3.96. The Bertz CT molecular complexity index is 973. The third-order valence-corrected chi connectivity index (χ3v) is 5.55. The number of carbonyl (C=O) groups is 2. The van der Waals surface area contributed by atoms with Crippen molar-refractivity contribution >= 4 is 52.3 Å². The molecule has 142 valence electrons. The number of hydrogen-bond acceptors (Lipinski definition) is 3. The van der Waals surface area contributed by atoms with Gasteiger partial charge in [-0.05, 0) is 54.1 Å². The molecule has 0 aromatic heterocycles. The fraction of sp³-hybridized carbons (Fsp3) is 0.0909. The molecule has 3 rings (SSSR count). The van der Waals surface area contributed by atoms with E-state index >= 15 is 0 Å². The van der Waals surface area contributed by atoms with Gasteiger partial charge in [-0.1, -0.05) is 47.5 Å². The monoisotopic (exact) mass is 429 g/mol. The molecule has 3 aromatic carbocycles. The number of halogens is 2. The Hall–Kier alpha value is -2.27. The van der Waals surface area contributed by atoms with Crippen molar-refractivity contribution in [1.82, 2.24) is 0 Å². The topological polar surface area (TPSA) is 46.2 Å². The standard InChI is InChI=1S/C22H17Cl2NO2S/c23-16-7-5-15(6-8-16)13-22(27)25-17-9-11-18(12-10-17)28-14-21(26)19-3-1-2-4-20(19)24/h1-12H,13-14H2,(H,25,27). The predicted molar refractivity (Wildman–Crippen MR) is 117 cm³/mol. The number of ketones is 1. The zero-order valence-corrected chi connectivity index (χ0v) is 17.2. The molecule has 0 aliphatic carbocycles. The number of benzene rings is 3. The molecule has 0 bridgehead atoms. The molecule has 6 heteroatoms. The van der Waals surface area contributed by atoms with E-state index in [4.69, 9.17) is 23.2 Å². The second-order valence-corrected chi connectivity index (χ2v) is 7.96. The maximum Gasteiger partial charge on any atom is 0.228 e. The van der Waals surface area contributed by atoms with E-state index in [0.717, 1.165) is 10.5 Å². The van der Waals surface area contributed by atoms with Crippen molar-refractivity contribution in [2.75, 3.05) is 11.1 Å². The van der Waals surface area contributed by atoms with Gasteiger partial charge in [-0.15, -0.1) is 11.8 Å². The number of carbonyl (C=O) groups excluding carboxylic acids is 2. The molecule has 0 saturated heterocycles. The number of rotatable bonds is 7. The molecule has 0 radical (unpaired) electrons. The number of anilines is 1. The molecule has 3 aromatic rings. The highest BCUT2D eigenvalue weighted by molar-refractivity contribution is 8.00. The van der Waals surface area contributed by atoms with Gasteiger partial charge in [-0.2, -0.15) is 0 Å². The van der Waals surface area contributed by atoms with Crippen molar-refractivity contribution in [3.8, 4) is 0 Å². The van der Waals surface area contributed by atoms with Gasteiger partial charge in [0.15, 0.2) is 5.78 Å². The minimum Gasteiger partial charge on any atom is -0.326 e. The second-order valence-electron chi connectivity index (χ2n) is 6.07. The van der Waals surface area contributed by atoms with Gasteiger partial charge in [0.1, 0.15) is 0 Å². The first-order valence-electron chi connectivity index (χ1n) is 8.56. The molecule has 0 heterocycles. The summed E-state index contributed by atoms with van der Waals surface area (Å²) in [5.74, 6) is 0.180. The largest absolute Gasteiger partial charge is 0.326 e. The predicted octanol–water partition coefficient (Wildman–Crippen LogP) is 6.15. The molecule has 0 fully saturated rings. The number of Topliss-reactive ketones (excluding diaryl/α,β-unsaturated/α-hetero) is 1. The van der Waals surface area contributed by atoms with E-state index in [2.05, 4.69) is 5.32 Å². The van der Waals surface area contributed by atoms with E-state index in [1.165, 1.54) is 11.8 Å². The Morgan fingerprint density at radius 2 is 1.54 bits per heavy atom. The number of nitrogens with one attached hydrogen (secondary N) is 1. The van der Waals surface area contributed by atoms with Crippen molar-refractivity contribution in [2.45, 2.75) is 11.3 Å². The first kappa shape index (κ1) is 20.5. The minimum atomic E-state index is -0.100. The molecule has 0 saturated carbocycles. The molecule has 3 nitrogen and oxygen atoms in total. The van der Waals surface area contributed by atoms with Gasteiger partial charge in [-0.3, -0.25) is 9.59 Å². The number of amides is 1. The summed E-state index contributed by atoms with van der Waals surface area (Å²) in [7, 11) is 0. The van der Waals surface area contributed by atoms with Crippen LogP contribution >= 0.6 is 35.0 Å². The molecule has 0 unspecified atom stereocenters. The lowest BCUT2D eigenvalue weighted by Crippen LogP contribution is -2.14. The molecule has 28 heavy (non-hydrogen) atoms. The summed E-state index contributed by atoms with van der Waals surface area (Å²) in [5.41, 5.74) is 2.13. The summed E-state index contributed by atoms with van der Waals surface area (Å²) >= 11 is 13.3. The fourth-order valence-electron chi connectivity index (χ4n) is 2.54. The summed E-state index contributed by atoms with van der Waals surface area (Å²) in [6.45, 7) is 0. The SMILES string of the molecule is O=C(Cc1ccc(Cl)cc1)Nc1ccc(SCC(=O)c2ccccc2Cl)cc1. The Balaban J connectivity index is 1.52. The molecule has 0 spiro atoms. The summed E-state index contributed by atoms with van der Waals surface area (Å²) in [4.78, 5) is 25.4. The van der Waals surface area contributed by atoms with Crippen LogP contribution in [0.5, 0.6) is 0 Å². The van der Waals surface area contributed by atoms with Crippen LogP contribution in [-0.2, 0) is 11.2 Å². The normalized spacial score (nSPS) is 10.5. The van der Waals surface area contributed by atoms with Crippen molar-refractivity contribution in [3.63, 3.8) is 0 Å². The Kier molecular flexibility index (Phi) is 7.15. The van der Waals surface area contributed by atoms with Crippen molar-refractivity contribution in [2.24, 2.45) is 0 Å². The molecule has 1 amide bonds. The second kappa shape index (κ2) is 9.78. The fourth-order valence-corrected chi connectivity index (χ4v) is 3.69. The average molecular weight is 430 g/mol. The van der Waals surface area contributed by atoms with E-state index in [1.54, 1.807) is 36.4 Å². The first-order valence-corrected chi connectivity index (χ1v) is 10.3. The van der Waals surface area contributed by atoms with E-state index in [-0.39, 0.29) is 18.1 Å². The van der Waals surface area contributed by atoms with Crippen LogP contribution in [0.1, 0.15) is 15.9 Å². The molecule has 1 N–H and O–H groups in total. The van der Waals surface area contributed by atoms with Gasteiger partial charge in [0.05, 0.1) is 17.2 Å². The van der Waals surface area contributed by atoms with Gasteiger partial charge in [0, 0.05) is 21.2 Å². The summed E-state index contributed by atoms with van der Waals surface area (Å²) in [6.07, 6.45) is 0.278. The lowest BCUT2D eigenvalue weighted by molar-refractivity contribution is -0.115. The van der Waals surface area contributed by atoms with Crippen LogP contribution in [0, 0.1) is 0 Å². The van der Waals surface area contributed by atoms with Crippen molar-refractivity contribution < 1.29 is 9.59 Å². The van der Waals surface area contributed by atoms with Crippen LogP contribution in [-0.4, -0.2) is 17.4 Å². The van der Waals surface area contributed by atoms with E-state index in [9.17, 15) is 9.59 Å². The Morgan fingerprint density at radius 1 is 0.857 bits per heavy atom. The van der Waals surface area contributed by atoms with Crippen LogP contribution in [0.3, 0.4) is 0 Å². The lowest BCUT2D eigenvalue weighted by atomic mass is 10.1. The van der Waals surface area contributed by atoms with E-state index in [0.29, 0.717) is 27.0 Å². The number of hydrogen-bond donors (Lipinski definition) is 1. The van der Waals surface area contributed by atoms with Crippen LogP contribution < -0.4 is 5.32 Å². The highest BCUT2D eigenvalue weighted by Gasteiger charge is 2.10. The van der Waals surface area contributed by atoms with Gasteiger partial charge in [0.2, 0.25) is 5.91 Å². The van der Waals surface area contributed by atoms with Gasteiger partial charge < -0.3 is 5.32 Å². The van der Waals surface area contributed by atoms with Crippen LogP contribution in [0.4, 0.5) is 5.69 Å². The van der Waals surface area contributed by atoms with Crippen LogP contribution in [0.15, 0.2) is 77.7 Å². The lowest BCUT2D eigenvalue weighted by Gasteiger charge is -2.07. The highest BCUT2D eigenvalue weighted by Crippen LogP contribution is 2.23. The zero-order chi connectivity index (χ0) is 19.9. The molecular weight excluding hydrogens is 413 g/mol. The zero-order valence-electron chi connectivity index (χ0n) is 14.8. The number of thioether (sulfide) groups is 1. The molecular formula is C22H17Cl2NO2S. The molecule has 0 aliphatic rings. The van der Waals surface area contributed by atoms with E-state index in [1.807, 2.05) is 36.4 Å². The summed E-state index contributed by atoms with van der Waals surface area (Å²) in [5, 5.41) is 3.97. The quantitative estimate of drug-likeness (QED) is 0.361. The molecule has 0 aliphatic heterocycles. The molecule has 0 atom stereocenters. The summed E-state index contributed by atoms with van der Waals surface area (Å²) in [6, 6.07) is 21.6. The smallest absolute Gasteiger partial charge is 0.228 e. The van der Waals surface area contributed by atoms with E-state index < -0.39 is 0 Å². The van der Waals surface area contributed by atoms with Gasteiger partial charge >= 0.3 is 0 Å².